The SMILES string of the molecule is O=C(O)C(F)(F)F.O=C(c1ccc(Cl)cc1)N1CC2(CCN(Cc3ccccc3Oc3ccc(F)cc3)CC2)C1. The Morgan fingerprint density at radius 1 is 0.925 bits per heavy atom. The molecule has 0 bridgehead atoms. The van der Waals surface area contributed by atoms with Crippen molar-refractivity contribution in [2.75, 3.05) is 26.2 Å². The summed E-state index contributed by atoms with van der Waals surface area (Å²) in [5, 5.41) is 7.77. The molecule has 11 heteroatoms. The van der Waals surface area contributed by atoms with Crippen LogP contribution in [0.4, 0.5) is 17.6 Å². The first-order chi connectivity index (χ1) is 18.9. The third kappa shape index (κ3) is 7.51. The van der Waals surface area contributed by atoms with E-state index in [1.54, 1.807) is 36.4 Å². The van der Waals surface area contributed by atoms with Gasteiger partial charge in [-0.05, 0) is 80.5 Å². The van der Waals surface area contributed by atoms with E-state index < -0.39 is 12.1 Å². The average Bonchev–Trinajstić information content (AvgIpc) is 2.90. The van der Waals surface area contributed by atoms with Crippen LogP contribution < -0.4 is 4.74 Å². The lowest BCUT2D eigenvalue weighted by Gasteiger charge is -2.54. The molecule has 1 spiro atoms. The molecule has 1 amide bonds. The van der Waals surface area contributed by atoms with Gasteiger partial charge in [0.15, 0.2) is 0 Å². The molecule has 0 aromatic heterocycles. The van der Waals surface area contributed by atoms with E-state index in [4.69, 9.17) is 26.2 Å². The second-order valence-electron chi connectivity index (χ2n) is 9.91. The summed E-state index contributed by atoms with van der Waals surface area (Å²) in [5.41, 5.74) is 2.05. The van der Waals surface area contributed by atoms with Crippen molar-refractivity contribution in [3.05, 3.63) is 94.8 Å². The average molecular weight is 579 g/mol. The number of carbonyl (C=O) groups is 2. The number of nitrogens with zero attached hydrogens (tertiary/aromatic N) is 2. The van der Waals surface area contributed by atoms with Gasteiger partial charge in [-0.3, -0.25) is 9.69 Å². The molecule has 2 saturated heterocycles. The fraction of sp³-hybridized carbons (Fsp3) is 0.310. The number of carbonyl (C=O) groups excluding carboxylic acids is 1. The van der Waals surface area contributed by atoms with Gasteiger partial charge in [0.1, 0.15) is 17.3 Å². The molecule has 0 saturated carbocycles. The van der Waals surface area contributed by atoms with Gasteiger partial charge in [-0.1, -0.05) is 29.8 Å². The zero-order chi connectivity index (χ0) is 28.9. The molecule has 1 N–H and O–H groups in total. The van der Waals surface area contributed by atoms with E-state index in [0.29, 0.717) is 16.3 Å². The molecule has 2 heterocycles. The van der Waals surface area contributed by atoms with Crippen LogP contribution in [-0.2, 0) is 11.3 Å². The standard InChI is InChI=1S/C27H26ClFN2O2.C2HF3O2/c28-22-7-5-20(6-8-22)26(32)31-18-27(19-31)13-15-30(16-14-27)17-21-3-1-2-4-25(21)33-24-11-9-23(29)10-12-24;3-2(4,5)1(6)7/h1-12H,13-19H2;(H,6,7). The Morgan fingerprint density at radius 3 is 2.08 bits per heavy atom. The zero-order valence-electron chi connectivity index (χ0n) is 21.3. The smallest absolute Gasteiger partial charge is 0.475 e. The summed E-state index contributed by atoms with van der Waals surface area (Å²) in [5.74, 6) is -1.52. The minimum Gasteiger partial charge on any atom is -0.475 e. The number of carboxylic acids is 1. The fourth-order valence-electron chi connectivity index (χ4n) is 4.79. The molecule has 3 aromatic rings. The first kappa shape index (κ1) is 29.4. The summed E-state index contributed by atoms with van der Waals surface area (Å²) in [6, 6.07) is 21.2. The highest BCUT2D eigenvalue weighted by Gasteiger charge is 2.46. The lowest BCUT2D eigenvalue weighted by Crippen LogP contribution is -2.61. The first-order valence-corrected chi connectivity index (χ1v) is 12.9. The molecule has 40 heavy (non-hydrogen) atoms. The number of carboxylic acid groups (broad SMARTS) is 1. The molecule has 0 unspecified atom stereocenters. The highest BCUT2D eigenvalue weighted by atomic mass is 35.5. The van der Waals surface area contributed by atoms with Crippen LogP contribution in [0, 0.1) is 11.2 Å². The topological polar surface area (TPSA) is 70.1 Å². The minimum atomic E-state index is -5.08. The Morgan fingerprint density at radius 2 is 1.50 bits per heavy atom. The number of rotatable bonds is 5. The molecule has 3 aromatic carbocycles. The highest BCUT2D eigenvalue weighted by molar-refractivity contribution is 6.30. The van der Waals surface area contributed by atoms with E-state index in [1.165, 1.54) is 12.1 Å². The maximum Gasteiger partial charge on any atom is 0.490 e. The molecule has 212 valence electrons. The largest absolute Gasteiger partial charge is 0.490 e. The van der Waals surface area contributed by atoms with Crippen molar-refractivity contribution in [3.63, 3.8) is 0 Å². The molecule has 5 rings (SSSR count). The third-order valence-corrected chi connectivity index (χ3v) is 7.25. The van der Waals surface area contributed by atoms with Crippen molar-refractivity contribution >= 4 is 23.5 Å². The Kier molecular flexibility index (Phi) is 9.00. The molecule has 2 aliphatic rings. The van der Waals surface area contributed by atoms with Gasteiger partial charge >= 0.3 is 12.1 Å². The van der Waals surface area contributed by atoms with Crippen LogP contribution in [0.5, 0.6) is 11.5 Å². The number of aliphatic carboxylic acids is 1. The summed E-state index contributed by atoms with van der Waals surface area (Å²) in [4.78, 5) is 26.0. The molecule has 0 aliphatic carbocycles. The number of piperidine rings is 1. The zero-order valence-corrected chi connectivity index (χ0v) is 22.1. The van der Waals surface area contributed by atoms with Crippen LogP contribution in [0.2, 0.25) is 5.02 Å². The van der Waals surface area contributed by atoms with Crippen LogP contribution in [0.1, 0.15) is 28.8 Å². The van der Waals surface area contributed by atoms with E-state index in [0.717, 1.165) is 56.9 Å². The first-order valence-electron chi connectivity index (χ1n) is 12.5. The quantitative estimate of drug-likeness (QED) is 0.344. The van der Waals surface area contributed by atoms with E-state index in [1.807, 2.05) is 23.1 Å². The van der Waals surface area contributed by atoms with Crippen molar-refractivity contribution in [2.24, 2.45) is 5.41 Å². The van der Waals surface area contributed by atoms with E-state index >= 15 is 0 Å². The summed E-state index contributed by atoms with van der Waals surface area (Å²) in [6.07, 6.45) is -2.92. The summed E-state index contributed by atoms with van der Waals surface area (Å²) in [7, 11) is 0. The monoisotopic (exact) mass is 578 g/mol. The van der Waals surface area contributed by atoms with Gasteiger partial charge < -0.3 is 14.7 Å². The number of alkyl halides is 3. The van der Waals surface area contributed by atoms with Gasteiger partial charge in [0, 0.05) is 41.2 Å². The molecular weight excluding hydrogens is 552 g/mol. The molecular formula is C29H27ClF4N2O4. The van der Waals surface area contributed by atoms with Gasteiger partial charge in [0.25, 0.3) is 5.91 Å². The van der Waals surface area contributed by atoms with Gasteiger partial charge in [-0.15, -0.1) is 0 Å². The van der Waals surface area contributed by atoms with Crippen LogP contribution in [0.15, 0.2) is 72.8 Å². The Balaban J connectivity index is 0.000000470. The minimum absolute atomic E-state index is 0.0894. The summed E-state index contributed by atoms with van der Waals surface area (Å²) >= 11 is 5.94. The van der Waals surface area contributed by atoms with E-state index in [2.05, 4.69) is 11.0 Å². The molecule has 2 fully saturated rings. The number of ether oxygens (including phenoxy) is 1. The molecule has 6 nitrogen and oxygen atoms in total. The van der Waals surface area contributed by atoms with Crippen LogP contribution >= 0.6 is 11.6 Å². The van der Waals surface area contributed by atoms with Gasteiger partial charge in [-0.2, -0.15) is 13.2 Å². The predicted octanol–water partition coefficient (Wildman–Crippen LogP) is 6.64. The van der Waals surface area contributed by atoms with Crippen LogP contribution in [0.3, 0.4) is 0 Å². The molecule has 0 radical (unpaired) electrons. The fourth-order valence-corrected chi connectivity index (χ4v) is 4.91. The van der Waals surface area contributed by atoms with Gasteiger partial charge in [-0.25, -0.2) is 9.18 Å². The summed E-state index contributed by atoms with van der Waals surface area (Å²) in [6.45, 7) is 4.45. The Labute approximate surface area is 233 Å². The van der Waals surface area contributed by atoms with Crippen molar-refractivity contribution in [2.45, 2.75) is 25.6 Å². The maximum absolute atomic E-state index is 13.2. The number of hydrogen-bond acceptors (Lipinski definition) is 4. The van der Waals surface area contributed by atoms with Crippen LogP contribution in [-0.4, -0.2) is 59.1 Å². The Bertz CT molecular complexity index is 1320. The molecule has 0 atom stereocenters. The summed E-state index contributed by atoms with van der Waals surface area (Å²) < 4.78 is 51.0. The van der Waals surface area contributed by atoms with Gasteiger partial charge in [0.05, 0.1) is 0 Å². The van der Waals surface area contributed by atoms with Crippen molar-refractivity contribution in [1.29, 1.82) is 0 Å². The maximum atomic E-state index is 13.2. The Hall–Kier alpha value is -3.63. The number of amides is 1. The second kappa shape index (κ2) is 12.3. The number of hydrogen-bond donors (Lipinski definition) is 1. The lowest BCUT2D eigenvalue weighted by atomic mass is 9.71. The lowest BCUT2D eigenvalue weighted by molar-refractivity contribution is -0.192. The van der Waals surface area contributed by atoms with Crippen molar-refractivity contribution < 1.29 is 37.0 Å². The number of para-hydroxylation sites is 1. The second-order valence-corrected chi connectivity index (χ2v) is 10.3. The highest BCUT2D eigenvalue weighted by Crippen LogP contribution is 2.41. The third-order valence-electron chi connectivity index (χ3n) is 7.00. The van der Waals surface area contributed by atoms with Crippen molar-refractivity contribution in [1.82, 2.24) is 9.80 Å². The van der Waals surface area contributed by atoms with Gasteiger partial charge in [0.2, 0.25) is 0 Å². The number of halogens is 5. The van der Waals surface area contributed by atoms with E-state index in [-0.39, 0.29) is 17.1 Å². The number of likely N-dealkylation sites (tertiary alicyclic amines) is 2. The van der Waals surface area contributed by atoms with Crippen molar-refractivity contribution in [3.8, 4) is 11.5 Å². The van der Waals surface area contributed by atoms with E-state index in [9.17, 15) is 22.4 Å². The normalized spacial score (nSPS) is 16.5. The number of benzene rings is 3. The predicted molar refractivity (Wildman–Crippen MR) is 141 cm³/mol. The molecule has 2 aliphatic heterocycles. The van der Waals surface area contributed by atoms with Crippen LogP contribution in [0.25, 0.3) is 0 Å².